The fourth-order valence-corrected chi connectivity index (χ4v) is 2.87. The molecule has 2 aromatic carbocycles. The number of aromatic nitrogens is 2. The lowest BCUT2D eigenvalue weighted by atomic mass is 10.1. The van der Waals surface area contributed by atoms with Crippen molar-refractivity contribution in [3.63, 3.8) is 0 Å². The van der Waals surface area contributed by atoms with Gasteiger partial charge in [-0.15, -0.1) is 0 Å². The Morgan fingerprint density at radius 3 is 2.56 bits per heavy atom. The molecule has 130 valence electrons. The minimum Gasteiger partial charge on any atom is -0.462 e. The third-order valence-electron chi connectivity index (χ3n) is 4.33. The van der Waals surface area contributed by atoms with E-state index < -0.39 is 0 Å². The van der Waals surface area contributed by atoms with Crippen molar-refractivity contribution in [1.29, 1.82) is 0 Å². The second-order valence-corrected chi connectivity index (χ2v) is 5.99. The van der Waals surface area contributed by atoms with Gasteiger partial charge in [0.15, 0.2) is 0 Å². The first kappa shape index (κ1) is 17.1. The second-order valence-electron chi connectivity index (χ2n) is 5.99. The Kier molecular flexibility index (Phi) is 4.83. The van der Waals surface area contributed by atoms with Crippen molar-refractivity contribution in [3.05, 3.63) is 53.8 Å². The smallest absolute Gasteiger partial charge is 0.338 e. The molecule has 0 amide bonds. The van der Waals surface area contributed by atoms with Crippen molar-refractivity contribution in [2.24, 2.45) is 0 Å². The van der Waals surface area contributed by atoms with Gasteiger partial charge >= 0.3 is 5.97 Å². The first-order valence-electron chi connectivity index (χ1n) is 8.50. The van der Waals surface area contributed by atoms with Gasteiger partial charge in [-0.25, -0.2) is 14.2 Å². The number of imidazole rings is 1. The molecule has 5 heteroatoms. The number of nitrogens with zero attached hydrogens (tertiary/aromatic N) is 2. The lowest BCUT2D eigenvalue weighted by Gasteiger charge is -2.16. The molecule has 0 spiro atoms. The van der Waals surface area contributed by atoms with Gasteiger partial charge in [0.1, 0.15) is 11.6 Å². The summed E-state index contributed by atoms with van der Waals surface area (Å²) in [4.78, 5) is 16.7. The normalized spacial score (nSPS) is 12.3. The largest absolute Gasteiger partial charge is 0.462 e. The van der Waals surface area contributed by atoms with Gasteiger partial charge in [0, 0.05) is 11.6 Å². The van der Waals surface area contributed by atoms with Crippen LogP contribution >= 0.6 is 0 Å². The predicted molar refractivity (Wildman–Crippen MR) is 96.1 cm³/mol. The summed E-state index contributed by atoms with van der Waals surface area (Å²) in [5.74, 6) is 0.135. The minimum atomic E-state index is -0.356. The van der Waals surface area contributed by atoms with Gasteiger partial charge in [0.05, 0.1) is 23.2 Å². The summed E-state index contributed by atoms with van der Waals surface area (Å²) in [7, 11) is 0. The molecular formula is C20H21FN2O2. The lowest BCUT2D eigenvalue weighted by molar-refractivity contribution is 0.0526. The van der Waals surface area contributed by atoms with Gasteiger partial charge in [-0.1, -0.05) is 6.92 Å². The topological polar surface area (TPSA) is 44.1 Å². The number of halogens is 1. The molecule has 0 radical (unpaired) electrons. The molecule has 3 aromatic rings. The molecule has 0 bridgehead atoms. The Hall–Kier alpha value is -2.69. The highest BCUT2D eigenvalue weighted by atomic mass is 19.1. The number of fused-ring (bicyclic) bond motifs is 1. The molecule has 0 aliphatic heterocycles. The number of esters is 1. The Labute approximate surface area is 146 Å². The van der Waals surface area contributed by atoms with Gasteiger partial charge < -0.3 is 9.30 Å². The van der Waals surface area contributed by atoms with E-state index in [0.717, 1.165) is 28.8 Å². The van der Waals surface area contributed by atoms with Crippen LogP contribution in [0.2, 0.25) is 0 Å². The third-order valence-corrected chi connectivity index (χ3v) is 4.33. The average Bonchev–Trinajstić information content (AvgIpc) is 3.00. The molecular weight excluding hydrogens is 319 g/mol. The predicted octanol–water partition coefficient (Wildman–Crippen LogP) is 4.99. The molecule has 0 aliphatic carbocycles. The van der Waals surface area contributed by atoms with Crippen LogP contribution in [0.5, 0.6) is 0 Å². The van der Waals surface area contributed by atoms with E-state index in [1.54, 1.807) is 31.2 Å². The van der Waals surface area contributed by atoms with Crippen LogP contribution < -0.4 is 0 Å². The van der Waals surface area contributed by atoms with E-state index in [1.807, 2.05) is 6.07 Å². The third kappa shape index (κ3) is 3.27. The number of ether oxygens (including phenoxy) is 1. The Morgan fingerprint density at radius 2 is 1.92 bits per heavy atom. The highest BCUT2D eigenvalue weighted by Crippen LogP contribution is 2.30. The second kappa shape index (κ2) is 7.05. The molecule has 0 unspecified atom stereocenters. The molecule has 0 saturated heterocycles. The SMILES string of the molecule is CCOC(=O)c1ccc2c(c1)nc(-c1ccc(F)cc1)n2[C@@H](C)CC. The van der Waals surface area contributed by atoms with Gasteiger partial charge in [-0.2, -0.15) is 0 Å². The molecule has 25 heavy (non-hydrogen) atoms. The summed E-state index contributed by atoms with van der Waals surface area (Å²) in [5.41, 5.74) is 3.00. The number of hydrogen-bond acceptors (Lipinski definition) is 3. The number of benzene rings is 2. The van der Waals surface area contributed by atoms with Crippen LogP contribution in [0.25, 0.3) is 22.4 Å². The fourth-order valence-electron chi connectivity index (χ4n) is 2.87. The van der Waals surface area contributed by atoms with Gasteiger partial charge in [0.25, 0.3) is 0 Å². The van der Waals surface area contributed by atoms with E-state index in [-0.39, 0.29) is 17.8 Å². The van der Waals surface area contributed by atoms with Crippen LogP contribution in [0.15, 0.2) is 42.5 Å². The molecule has 4 nitrogen and oxygen atoms in total. The number of rotatable bonds is 5. The minimum absolute atomic E-state index is 0.221. The Balaban J connectivity index is 2.17. The number of carbonyl (C=O) groups is 1. The zero-order chi connectivity index (χ0) is 18.0. The molecule has 3 rings (SSSR count). The fraction of sp³-hybridized carbons (Fsp3) is 0.300. The summed E-state index contributed by atoms with van der Waals surface area (Å²) >= 11 is 0. The lowest BCUT2D eigenvalue weighted by Crippen LogP contribution is -2.06. The van der Waals surface area contributed by atoms with Crippen molar-refractivity contribution >= 4 is 17.0 Å². The van der Waals surface area contributed by atoms with Crippen LogP contribution in [0.3, 0.4) is 0 Å². The maximum atomic E-state index is 13.3. The quantitative estimate of drug-likeness (QED) is 0.615. The molecule has 0 saturated carbocycles. The van der Waals surface area contributed by atoms with Crippen molar-refractivity contribution < 1.29 is 13.9 Å². The van der Waals surface area contributed by atoms with Crippen molar-refractivity contribution in [2.45, 2.75) is 33.2 Å². The monoisotopic (exact) mass is 340 g/mol. The van der Waals surface area contributed by atoms with Crippen molar-refractivity contribution in [1.82, 2.24) is 9.55 Å². The summed E-state index contributed by atoms with van der Waals surface area (Å²) in [6.45, 7) is 6.34. The van der Waals surface area contributed by atoms with E-state index in [0.29, 0.717) is 12.2 Å². The standard InChI is InChI=1S/C20H21FN2O2/c1-4-13(3)23-18-11-8-15(20(24)25-5-2)12-17(18)22-19(23)14-6-9-16(21)10-7-14/h6-13H,4-5H2,1-3H3/t13-/m0/s1. The van der Waals surface area contributed by atoms with Crippen LogP contribution in [0.4, 0.5) is 4.39 Å². The Morgan fingerprint density at radius 1 is 1.20 bits per heavy atom. The highest BCUT2D eigenvalue weighted by molar-refractivity contribution is 5.94. The molecule has 0 aliphatic rings. The first-order chi connectivity index (χ1) is 12.0. The van der Waals surface area contributed by atoms with Crippen LogP contribution in [-0.4, -0.2) is 22.1 Å². The summed E-state index contributed by atoms with van der Waals surface area (Å²) in [6.07, 6.45) is 0.930. The van der Waals surface area contributed by atoms with Crippen LogP contribution in [0, 0.1) is 5.82 Å². The summed E-state index contributed by atoms with van der Waals surface area (Å²) < 4.78 is 20.5. The summed E-state index contributed by atoms with van der Waals surface area (Å²) in [5, 5.41) is 0. The average molecular weight is 340 g/mol. The van der Waals surface area contributed by atoms with E-state index in [2.05, 4.69) is 18.4 Å². The zero-order valence-electron chi connectivity index (χ0n) is 14.6. The van der Waals surface area contributed by atoms with E-state index >= 15 is 0 Å². The molecule has 1 heterocycles. The highest BCUT2D eigenvalue weighted by Gasteiger charge is 2.18. The van der Waals surface area contributed by atoms with Crippen molar-refractivity contribution in [3.8, 4) is 11.4 Å². The van der Waals surface area contributed by atoms with Gasteiger partial charge in [-0.3, -0.25) is 0 Å². The number of hydrogen-bond donors (Lipinski definition) is 0. The first-order valence-corrected chi connectivity index (χ1v) is 8.50. The van der Waals surface area contributed by atoms with Gasteiger partial charge in [0.2, 0.25) is 0 Å². The summed E-state index contributed by atoms with van der Waals surface area (Å²) in [6, 6.07) is 11.9. The Bertz CT molecular complexity index is 900. The maximum Gasteiger partial charge on any atom is 0.338 e. The zero-order valence-corrected chi connectivity index (χ0v) is 14.6. The maximum absolute atomic E-state index is 13.3. The van der Waals surface area contributed by atoms with Crippen LogP contribution in [0.1, 0.15) is 43.6 Å². The molecule has 1 aromatic heterocycles. The number of carbonyl (C=O) groups excluding carboxylic acids is 1. The molecule has 0 N–H and O–H groups in total. The van der Waals surface area contributed by atoms with Crippen molar-refractivity contribution in [2.75, 3.05) is 6.61 Å². The van der Waals surface area contributed by atoms with E-state index in [4.69, 9.17) is 9.72 Å². The van der Waals surface area contributed by atoms with E-state index in [9.17, 15) is 9.18 Å². The van der Waals surface area contributed by atoms with Gasteiger partial charge in [-0.05, 0) is 62.7 Å². The molecule has 1 atom stereocenters. The van der Waals surface area contributed by atoms with Crippen LogP contribution in [-0.2, 0) is 4.74 Å². The molecule has 0 fully saturated rings. The van der Waals surface area contributed by atoms with E-state index in [1.165, 1.54) is 12.1 Å².